The van der Waals surface area contributed by atoms with Crippen molar-refractivity contribution in [1.82, 2.24) is 0 Å². The lowest BCUT2D eigenvalue weighted by Crippen LogP contribution is -2.30. The van der Waals surface area contributed by atoms with E-state index in [4.69, 9.17) is 9.47 Å². The Morgan fingerprint density at radius 1 is 0.844 bits per heavy atom. The summed E-state index contributed by atoms with van der Waals surface area (Å²) in [6.45, 7) is 3.18. The van der Waals surface area contributed by atoms with Gasteiger partial charge in [-0.2, -0.15) is 0 Å². The molecule has 0 atom stereocenters. The van der Waals surface area contributed by atoms with Gasteiger partial charge in [-0.3, -0.25) is 4.79 Å². The molecule has 2 fully saturated rings. The Labute approximate surface area is 196 Å². The van der Waals surface area contributed by atoms with Crippen molar-refractivity contribution in [3.05, 3.63) is 29.8 Å². The van der Waals surface area contributed by atoms with Crippen molar-refractivity contribution in [2.24, 2.45) is 23.7 Å². The first kappa shape index (κ1) is 25.3. The number of esters is 1. The summed E-state index contributed by atoms with van der Waals surface area (Å²) in [4.78, 5) is 12.7. The summed E-state index contributed by atoms with van der Waals surface area (Å²) in [5.74, 6) is 3.52. The van der Waals surface area contributed by atoms with E-state index in [2.05, 4.69) is 19.1 Å². The molecule has 2 aliphatic rings. The van der Waals surface area contributed by atoms with Gasteiger partial charge in [-0.05, 0) is 93.2 Å². The van der Waals surface area contributed by atoms with Crippen LogP contribution in [0.15, 0.2) is 24.3 Å². The molecule has 32 heavy (non-hydrogen) atoms. The number of benzene rings is 1. The van der Waals surface area contributed by atoms with Gasteiger partial charge in [0, 0.05) is 13.7 Å². The molecule has 3 heteroatoms. The molecule has 0 bridgehead atoms. The Hall–Kier alpha value is -1.35. The first-order valence-electron chi connectivity index (χ1n) is 13.5. The molecule has 0 saturated heterocycles. The molecule has 1 aromatic carbocycles. The lowest BCUT2D eigenvalue weighted by molar-refractivity contribution is -0.140. The Morgan fingerprint density at radius 2 is 1.47 bits per heavy atom. The standard InChI is InChI=1S/C29H46O3/c1-3-8-23-10-14-25(15-11-23)26-16-18-27(19-17-26)29(30)32-28-20-12-24(13-21-28)9-6-4-5-7-22-31-2/h12-13,20-21,23,25-27H,3-11,14-19,22H2,1-2H3. The van der Waals surface area contributed by atoms with Crippen LogP contribution in [0.5, 0.6) is 5.75 Å². The fourth-order valence-electron chi connectivity index (χ4n) is 6.04. The van der Waals surface area contributed by atoms with Crippen LogP contribution in [0.4, 0.5) is 0 Å². The van der Waals surface area contributed by atoms with Crippen LogP contribution in [0.2, 0.25) is 0 Å². The maximum absolute atomic E-state index is 12.7. The van der Waals surface area contributed by atoms with Crippen molar-refractivity contribution < 1.29 is 14.3 Å². The zero-order valence-corrected chi connectivity index (χ0v) is 20.7. The molecule has 2 saturated carbocycles. The molecule has 0 radical (unpaired) electrons. The summed E-state index contributed by atoms with van der Waals surface area (Å²) in [6, 6.07) is 8.17. The van der Waals surface area contributed by atoms with Crippen LogP contribution in [0.25, 0.3) is 0 Å². The topological polar surface area (TPSA) is 35.5 Å². The highest BCUT2D eigenvalue weighted by molar-refractivity contribution is 5.75. The maximum atomic E-state index is 12.7. The number of carbonyl (C=O) groups excluding carboxylic acids is 1. The average Bonchev–Trinajstić information content (AvgIpc) is 2.83. The number of ether oxygens (including phenoxy) is 2. The number of unbranched alkanes of at least 4 members (excludes halogenated alkanes) is 3. The lowest BCUT2D eigenvalue weighted by Gasteiger charge is -2.37. The highest BCUT2D eigenvalue weighted by atomic mass is 16.5. The first-order chi connectivity index (χ1) is 15.7. The highest BCUT2D eigenvalue weighted by Gasteiger charge is 2.33. The van der Waals surface area contributed by atoms with Crippen LogP contribution < -0.4 is 4.74 Å². The predicted molar refractivity (Wildman–Crippen MR) is 132 cm³/mol. The van der Waals surface area contributed by atoms with E-state index in [0.29, 0.717) is 5.75 Å². The second kappa shape index (κ2) is 14.0. The molecule has 1 aromatic rings. The van der Waals surface area contributed by atoms with Gasteiger partial charge in [-0.25, -0.2) is 0 Å². The van der Waals surface area contributed by atoms with Gasteiger partial charge in [0.1, 0.15) is 5.75 Å². The van der Waals surface area contributed by atoms with Crippen LogP contribution in [-0.4, -0.2) is 19.7 Å². The minimum Gasteiger partial charge on any atom is -0.426 e. The maximum Gasteiger partial charge on any atom is 0.314 e. The van der Waals surface area contributed by atoms with E-state index in [1.54, 1.807) is 7.11 Å². The summed E-state index contributed by atoms with van der Waals surface area (Å²) in [7, 11) is 1.76. The van der Waals surface area contributed by atoms with Crippen LogP contribution in [0.3, 0.4) is 0 Å². The van der Waals surface area contributed by atoms with E-state index in [0.717, 1.165) is 50.0 Å². The van der Waals surface area contributed by atoms with Crippen LogP contribution >= 0.6 is 0 Å². The zero-order valence-electron chi connectivity index (χ0n) is 20.7. The van der Waals surface area contributed by atoms with Crippen molar-refractivity contribution in [3.8, 4) is 5.75 Å². The van der Waals surface area contributed by atoms with E-state index >= 15 is 0 Å². The van der Waals surface area contributed by atoms with E-state index in [9.17, 15) is 4.79 Å². The van der Waals surface area contributed by atoms with E-state index in [1.165, 1.54) is 76.2 Å². The number of carbonyl (C=O) groups is 1. The molecular weight excluding hydrogens is 396 g/mol. The average molecular weight is 443 g/mol. The predicted octanol–water partition coefficient (Wildman–Crippen LogP) is 7.75. The fourth-order valence-corrected chi connectivity index (χ4v) is 6.04. The minimum absolute atomic E-state index is 0.0130. The Morgan fingerprint density at radius 3 is 2.09 bits per heavy atom. The van der Waals surface area contributed by atoms with Crippen molar-refractivity contribution in [2.45, 2.75) is 103 Å². The Balaban J connectivity index is 1.33. The van der Waals surface area contributed by atoms with Gasteiger partial charge >= 0.3 is 5.97 Å². The van der Waals surface area contributed by atoms with E-state index < -0.39 is 0 Å². The molecule has 0 aliphatic heterocycles. The second-order valence-electron chi connectivity index (χ2n) is 10.4. The SMILES string of the molecule is CCCC1CCC(C2CCC(C(=O)Oc3ccc(CCCCCCOC)cc3)CC2)CC1. The summed E-state index contributed by atoms with van der Waals surface area (Å²) in [5.41, 5.74) is 1.32. The van der Waals surface area contributed by atoms with E-state index in [-0.39, 0.29) is 11.9 Å². The van der Waals surface area contributed by atoms with Crippen molar-refractivity contribution in [1.29, 1.82) is 0 Å². The normalized spacial score (nSPS) is 26.1. The van der Waals surface area contributed by atoms with Gasteiger partial charge in [0.15, 0.2) is 0 Å². The van der Waals surface area contributed by atoms with Crippen molar-refractivity contribution in [2.75, 3.05) is 13.7 Å². The van der Waals surface area contributed by atoms with Crippen LogP contribution in [0, 0.1) is 23.7 Å². The third kappa shape index (κ3) is 8.21. The Kier molecular flexibility index (Phi) is 11.1. The first-order valence-corrected chi connectivity index (χ1v) is 13.5. The molecule has 0 aromatic heterocycles. The van der Waals surface area contributed by atoms with Crippen molar-refractivity contribution >= 4 is 5.97 Å². The van der Waals surface area contributed by atoms with Gasteiger partial charge in [0.25, 0.3) is 0 Å². The molecule has 0 N–H and O–H groups in total. The monoisotopic (exact) mass is 442 g/mol. The Bertz CT molecular complexity index is 637. The summed E-state index contributed by atoms with van der Waals surface area (Å²) < 4.78 is 10.8. The molecule has 0 amide bonds. The highest BCUT2D eigenvalue weighted by Crippen LogP contribution is 2.42. The quantitative estimate of drug-likeness (QED) is 0.188. The van der Waals surface area contributed by atoms with Crippen molar-refractivity contribution in [3.63, 3.8) is 0 Å². The van der Waals surface area contributed by atoms with Crippen LogP contribution in [-0.2, 0) is 16.0 Å². The number of hydrogen-bond donors (Lipinski definition) is 0. The number of hydrogen-bond acceptors (Lipinski definition) is 3. The van der Waals surface area contributed by atoms with Gasteiger partial charge in [0.2, 0.25) is 0 Å². The zero-order chi connectivity index (χ0) is 22.6. The lowest BCUT2D eigenvalue weighted by atomic mass is 9.69. The summed E-state index contributed by atoms with van der Waals surface area (Å²) in [5, 5.41) is 0. The third-order valence-electron chi connectivity index (χ3n) is 8.07. The molecular formula is C29H46O3. The number of methoxy groups -OCH3 is 1. The van der Waals surface area contributed by atoms with Gasteiger partial charge < -0.3 is 9.47 Å². The van der Waals surface area contributed by atoms with Gasteiger partial charge in [-0.15, -0.1) is 0 Å². The molecule has 2 aliphatic carbocycles. The molecule has 180 valence electrons. The largest absolute Gasteiger partial charge is 0.426 e. The van der Waals surface area contributed by atoms with Gasteiger partial charge in [0.05, 0.1) is 5.92 Å². The smallest absolute Gasteiger partial charge is 0.314 e. The number of rotatable bonds is 12. The van der Waals surface area contributed by atoms with E-state index in [1.807, 2.05) is 12.1 Å². The fraction of sp³-hybridized carbons (Fsp3) is 0.759. The molecule has 3 rings (SSSR count). The minimum atomic E-state index is -0.0130. The second-order valence-corrected chi connectivity index (χ2v) is 10.4. The molecule has 3 nitrogen and oxygen atoms in total. The summed E-state index contributed by atoms with van der Waals surface area (Å²) >= 11 is 0. The van der Waals surface area contributed by atoms with Crippen LogP contribution in [0.1, 0.15) is 102 Å². The third-order valence-corrected chi connectivity index (χ3v) is 8.07. The molecule has 0 heterocycles. The summed E-state index contributed by atoms with van der Waals surface area (Å²) in [6.07, 6.45) is 18.8. The van der Waals surface area contributed by atoms with Gasteiger partial charge in [-0.1, -0.05) is 57.6 Å². The molecule has 0 spiro atoms. The molecule has 0 unspecified atom stereocenters. The number of aryl methyl sites for hydroxylation is 1.